The molecule has 3 saturated carbocycles. The van der Waals surface area contributed by atoms with Crippen LogP contribution >= 0.6 is 0 Å². The first-order chi connectivity index (χ1) is 11.2. The van der Waals surface area contributed by atoms with Crippen LogP contribution in [-0.4, -0.2) is 20.6 Å². The van der Waals surface area contributed by atoms with Crippen molar-refractivity contribution in [1.29, 1.82) is 0 Å². The van der Waals surface area contributed by atoms with Crippen LogP contribution in [-0.2, 0) is 5.41 Å². The van der Waals surface area contributed by atoms with E-state index in [1.165, 1.54) is 57.1 Å². The summed E-state index contributed by atoms with van der Waals surface area (Å²) in [5, 5.41) is 8.26. The summed E-state index contributed by atoms with van der Waals surface area (Å²) in [6, 6.07) is 4.96. The number of hydrogen-bond donors (Lipinski definition) is 1. The lowest BCUT2D eigenvalue weighted by Gasteiger charge is -2.30. The van der Waals surface area contributed by atoms with Crippen molar-refractivity contribution in [2.45, 2.75) is 69.7 Å². The first-order valence-electron chi connectivity index (χ1n) is 9.37. The average Bonchev–Trinajstić information content (AvgIpc) is 3.48. The highest BCUT2D eigenvalue weighted by molar-refractivity contribution is 5.51. The van der Waals surface area contributed by atoms with E-state index in [4.69, 9.17) is 4.98 Å². The molecule has 2 aromatic rings. The Morgan fingerprint density at radius 2 is 1.78 bits per heavy atom. The summed E-state index contributed by atoms with van der Waals surface area (Å²) in [4.78, 5) is 5.03. The monoisotopic (exact) mass is 310 g/mol. The Bertz CT molecular complexity index is 708. The molecule has 0 unspecified atom stereocenters. The minimum atomic E-state index is 0.276. The molecular weight excluding hydrogens is 284 g/mol. The summed E-state index contributed by atoms with van der Waals surface area (Å²) in [5.41, 5.74) is 2.57. The molecule has 5 rings (SSSR count). The summed E-state index contributed by atoms with van der Waals surface area (Å²) in [6.45, 7) is 2.47. The van der Waals surface area contributed by atoms with E-state index in [1.54, 1.807) is 0 Å². The van der Waals surface area contributed by atoms with E-state index in [0.29, 0.717) is 6.04 Å². The SMILES string of the molecule is CC(c1cc(NC2CCCC2)n2nccc2n1)(C1CC1)C1CC1. The molecule has 4 nitrogen and oxygen atoms in total. The van der Waals surface area contributed by atoms with Gasteiger partial charge in [-0.25, -0.2) is 4.98 Å². The fourth-order valence-electron chi connectivity index (χ4n) is 4.69. The van der Waals surface area contributed by atoms with Gasteiger partial charge < -0.3 is 5.32 Å². The van der Waals surface area contributed by atoms with Gasteiger partial charge in [0.25, 0.3) is 0 Å². The van der Waals surface area contributed by atoms with Crippen molar-refractivity contribution in [3.63, 3.8) is 0 Å². The van der Waals surface area contributed by atoms with Crippen LogP contribution in [0.3, 0.4) is 0 Å². The molecule has 23 heavy (non-hydrogen) atoms. The third-order valence-corrected chi connectivity index (χ3v) is 6.47. The van der Waals surface area contributed by atoms with E-state index in [2.05, 4.69) is 23.4 Å². The van der Waals surface area contributed by atoms with Crippen molar-refractivity contribution < 1.29 is 0 Å². The molecule has 122 valence electrons. The van der Waals surface area contributed by atoms with Crippen LogP contribution in [0.25, 0.3) is 5.65 Å². The average molecular weight is 310 g/mol. The number of nitrogens with zero attached hydrogens (tertiary/aromatic N) is 3. The van der Waals surface area contributed by atoms with Gasteiger partial charge in [-0.15, -0.1) is 0 Å². The molecule has 1 N–H and O–H groups in total. The predicted molar refractivity (Wildman–Crippen MR) is 91.7 cm³/mol. The van der Waals surface area contributed by atoms with E-state index in [9.17, 15) is 0 Å². The molecule has 3 aliphatic rings. The predicted octanol–water partition coefficient (Wildman–Crippen LogP) is 4.16. The first-order valence-corrected chi connectivity index (χ1v) is 9.37. The number of anilines is 1. The van der Waals surface area contributed by atoms with Gasteiger partial charge in [0.15, 0.2) is 5.65 Å². The zero-order valence-electron chi connectivity index (χ0n) is 14.0. The van der Waals surface area contributed by atoms with Crippen molar-refractivity contribution in [2.24, 2.45) is 11.8 Å². The minimum Gasteiger partial charge on any atom is -0.367 e. The molecule has 0 saturated heterocycles. The fourth-order valence-corrected chi connectivity index (χ4v) is 4.69. The highest BCUT2D eigenvalue weighted by Crippen LogP contribution is 2.58. The lowest BCUT2D eigenvalue weighted by atomic mass is 9.76. The van der Waals surface area contributed by atoms with Gasteiger partial charge in [-0.05, 0) is 50.4 Å². The summed E-state index contributed by atoms with van der Waals surface area (Å²) in [7, 11) is 0. The Kier molecular flexibility index (Phi) is 2.98. The third kappa shape index (κ3) is 2.26. The molecule has 2 aromatic heterocycles. The maximum Gasteiger partial charge on any atom is 0.157 e. The Balaban J connectivity index is 1.58. The zero-order chi connectivity index (χ0) is 15.4. The highest BCUT2D eigenvalue weighted by atomic mass is 15.3. The van der Waals surface area contributed by atoms with Crippen LogP contribution in [0.4, 0.5) is 5.82 Å². The number of nitrogens with one attached hydrogen (secondary N) is 1. The van der Waals surface area contributed by atoms with Gasteiger partial charge in [0.05, 0.1) is 11.9 Å². The smallest absolute Gasteiger partial charge is 0.157 e. The van der Waals surface area contributed by atoms with Crippen molar-refractivity contribution in [3.05, 3.63) is 24.0 Å². The third-order valence-electron chi connectivity index (χ3n) is 6.47. The normalized spacial score (nSPS) is 22.8. The van der Waals surface area contributed by atoms with Crippen LogP contribution < -0.4 is 5.32 Å². The molecule has 0 amide bonds. The summed E-state index contributed by atoms with van der Waals surface area (Å²) >= 11 is 0. The molecule has 0 aliphatic heterocycles. The molecule has 0 spiro atoms. The van der Waals surface area contributed by atoms with Gasteiger partial charge >= 0.3 is 0 Å². The van der Waals surface area contributed by atoms with Gasteiger partial charge in [-0.2, -0.15) is 9.61 Å². The molecular formula is C19H26N4. The van der Waals surface area contributed by atoms with Crippen molar-refractivity contribution in [3.8, 4) is 0 Å². The Morgan fingerprint density at radius 3 is 2.43 bits per heavy atom. The summed E-state index contributed by atoms with van der Waals surface area (Å²) in [6.07, 6.45) is 12.6. The van der Waals surface area contributed by atoms with Gasteiger partial charge in [0.2, 0.25) is 0 Å². The second kappa shape index (κ2) is 4.96. The second-order valence-electron chi connectivity index (χ2n) is 8.08. The van der Waals surface area contributed by atoms with E-state index in [1.807, 2.05) is 16.8 Å². The quantitative estimate of drug-likeness (QED) is 0.901. The van der Waals surface area contributed by atoms with Crippen LogP contribution in [0.2, 0.25) is 0 Å². The molecule has 2 heterocycles. The fraction of sp³-hybridized carbons (Fsp3) is 0.684. The number of hydrogen-bond acceptors (Lipinski definition) is 3. The topological polar surface area (TPSA) is 42.2 Å². The van der Waals surface area contributed by atoms with Gasteiger partial charge in [0, 0.05) is 23.6 Å². The van der Waals surface area contributed by atoms with Crippen LogP contribution in [0, 0.1) is 11.8 Å². The van der Waals surface area contributed by atoms with E-state index < -0.39 is 0 Å². The Labute approximate surface area is 137 Å². The van der Waals surface area contributed by atoms with Gasteiger partial charge in [0.1, 0.15) is 5.82 Å². The zero-order valence-corrected chi connectivity index (χ0v) is 14.0. The lowest BCUT2D eigenvalue weighted by molar-refractivity contribution is 0.344. The maximum absolute atomic E-state index is 5.03. The van der Waals surface area contributed by atoms with Crippen molar-refractivity contribution >= 4 is 11.5 Å². The number of rotatable bonds is 5. The van der Waals surface area contributed by atoms with Crippen LogP contribution in [0.15, 0.2) is 18.3 Å². The van der Waals surface area contributed by atoms with Gasteiger partial charge in [-0.3, -0.25) is 0 Å². The van der Waals surface area contributed by atoms with Crippen LogP contribution in [0.5, 0.6) is 0 Å². The molecule has 0 aromatic carbocycles. The molecule has 0 radical (unpaired) electrons. The summed E-state index contributed by atoms with van der Waals surface area (Å²) < 4.78 is 1.99. The van der Waals surface area contributed by atoms with Crippen LogP contribution in [0.1, 0.15) is 64.0 Å². The van der Waals surface area contributed by atoms with E-state index in [-0.39, 0.29) is 5.41 Å². The minimum absolute atomic E-state index is 0.276. The number of fused-ring (bicyclic) bond motifs is 1. The maximum atomic E-state index is 5.03. The standard InChI is InChI=1S/C19H26N4/c1-19(13-6-7-13,14-8-9-14)16-12-18(21-15-4-2-3-5-15)23-17(22-16)10-11-20-23/h10-15,21H,2-9H2,1H3. The molecule has 4 heteroatoms. The Hall–Kier alpha value is -1.58. The van der Waals surface area contributed by atoms with Crippen molar-refractivity contribution in [2.75, 3.05) is 5.32 Å². The largest absolute Gasteiger partial charge is 0.367 e. The van der Waals surface area contributed by atoms with Gasteiger partial charge in [-0.1, -0.05) is 19.8 Å². The summed E-state index contributed by atoms with van der Waals surface area (Å²) in [5.74, 6) is 2.83. The second-order valence-corrected chi connectivity index (χ2v) is 8.08. The highest BCUT2D eigenvalue weighted by Gasteiger charge is 2.53. The van der Waals surface area contributed by atoms with E-state index >= 15 is 0 Å². The van der Waals surface area contributed by atoms with Crippen molar-refractivity contribution in [1.82, 2.24) is 14.6 Å². The molecule has 0 atom stereocenters. The lowest BCUT2D eigenvalue weighted by Crippen LogP contribution is -2.30. The first kappa shape index (κ1) is 13.8. The molecule has 0 bridgehead atoms. The number of aromatic nitrogens is 3. The Morgan fingerprint density at radius 1 is 1.09 bits per heavy atom. The molecule has 3 aliphatic carbocycles. The molecule has 3 fully saturated rings. The van der Waals surface area contributed by atoms with E-state index in [0.717, 1.165) is 23.3 Å².